The van der Waals surface area contributed by atoms with Crippen LogP contribution >= 0.6 is 11.6 Å². The third-order valence-electron chi connectivity index (χ3n) is 5.08. The van der Waals surface area contributed by atoms with E-state index in [0.29, 0.717) is 23.8 Å². The summed E-state index contributed by atoms with van der Waals surface area (Å²) >= 11 is 6.09. The van der Waals surface area contributed by atoms with Crippen molar-refractivity contribution in [1.29, 1.82) is 0 Å². The topological polar surface area (TPSA) is 90.0 Å². The lowest BCUT2D eigenvalue weighted by atomic mass is 9.74. The number of benzene rings is 1. The van der Waals surface area contributed by atoms with E-state index >= 15 is 0 Å². The summed E-state index contributed by atoms with van der Waals surface area (Å²) in [7, 11) is 1.56. The van der Waals surface area contributed by atoms with E-state index in [1.807, 2.05) is 0 Å². The number of rotatable bonds is 3. The molecular weight excluding hydrogens is 387 g/mol. The Bertz CT molecular complexity index is 970. The molecule has 2 aliphatic rings. The fourth-order valence-electron chi connectivity index (χ4n) is 3.62. The number of hydrogen-bond acceptors (Lipinski definition) is 6. The Kier molecular flexibility index (Phi) is 4.68. The van der Waals surface area contributed by atoms with Crippen LogP contribution in [0.25, 0.3) is 0 Å². The van der Waals surface area contributed by atoms with Crippen LogP contribution in [0.1, 0.15) is 12.0 Å². The zero-order chi connectivity index (χ0) is 19.9. The first-order valence-electron chi connectivity index (χ1n) is 8.71. The summed E-state index contributed by atoms with van der Waals surface area (Å²) in [4.78, 5) is 22.7. The lowest BCUT2D eigenvalue weighted by Crippen LogP contribution is -2.58. The predicted octanol–water partition coefficient (Wildman–Crippen LogP) is 2.68. The molecule has 2 unspecified atom stereocenters. The Morgan fingerprint density at radius 3 is 3.04 bits per heavy atom. The lowest BCUT2D eigenvalue weighted by Gasteiger charge is -2.45. The molecule has 0 bridgehead atoms. The van der Waals surface area contributed by atoms with E-state index in [-0.39, 0.29) is 29.9 Å². The third-order valence-corrected chi connectivity index (χ3v) is 5.37. The summed E-state index contributed by atoms with van der Waals surface area (Å²) in [5.41, 5.74) is 4.89. The molecule has 2 atom stereocenters. The molecule has 1 fully saturated rings. The SMILES string of the molecule is CN1C(=O)C2CCOCC2(c2cc(Oc3ncccc3Cl)ccc2F)N=C1N. The average Bonchev–Trinajstić information content (AvgIpc) is 2.69. The normalized spacial score (nSPS) is 24.5. The van der Waals surface area contributed by atoms with Crippen molar-refractivity contribution in [3.63, 3.8) is 0 Å². The van der Waals surface area contributed by atoms with Gasteiger partial charge in [-0.3, -0.25) is 9.69 Å². The molecule has 4 rings (SSSR count). The maximum atomic E-state index is 14.9. The number of guanidine groups is 1. The largest absolute Gasteiger partial charge is 0.438 e. The van der Waals surface area contributed by atoms with Crippen molar-refractivity contribution in [3.05, 3.63) is 52.9 Å². The van der Waals surface area contributed by atoms with Crippen LogP contribution in [0.15, 0.2) is 41.5 Å². The molecule has 0 aliphatic carbocycles. The minimum absolute atomic E-state index is 0.0187. The van der Waals surface area contributed by atoms with Crippen LogP contribution < -0.4 is 10.5 Å². The number of nitrogens with zero attached hydrogens (tertiary/aromatic N) is 3. The number of fused-ring (bicyclic) bond motifs is 1. The van der Waals surface area contributed by atoms with Crippen molar-refractivity contribution in [2.45, 2.75) is 12.0 Å². The van der Waals surface area contributed by atoms with Crippen LogP contribution in [-0.4, -0.2) is 42.0 Å². The van der Waals surface area contributed by atoms with Gasteiger partial charge < -0.3 is 15.2 Å². The molecule has 7 nitrogen and oxygen atoms in total. The van der Waals surface area contributed by atoms with Gasteiger partial charge in [-0.05, 0) is 36.8 Å². The third kappa shape index (κ3) is 2.98. The van der Waals surface area contributed by atoms with Gasteiger partial charge in [0.2, 0.25) is 11.8 Å². The van der Waals surface area contributed by atoms with Crippen molar-refractivity contribution in [3.8, 4) is 11.6 Å². The zero-order valence-electron chi connectivity index (χ0n) is 15.1. The molecule has 0 saturated carbocycles. The van der Waals surface area contributed by atoms with Crippen molar-refractivity contribution in [2.75, 3.05) is 20.3 Å². The van der Waals surface area contributed by atoms with Crippen molar-refractivity contribution in [2.24, 2.45) is 16.6 Å². The summed E-state index contributed by atoms with van der Waals surface area (Å²) in [6.45, 7) is 0.436. The van der Waals surface area contributed by atoms with Crippen molar-refractivity contribution >= 4 is 23.5 Å². The van der Waals surface area contributed by atoms with Gasteiger partial charge in [-0.25, -0.2) is 14.4 Å². The highest BCUT2D eigenvalue weighted by Crippen LogP contribution is 2.45. The van der Waals surface area contributed by atoms with Crippen LogP contribution in [0, 0.1) is 11.7 Å². The second-order valence-corrected chi connectivity index (χ2v) is 7.13. The fraction of sp³-hybridized carbons (Fsp3) is 0.316. The lowest BCUT2D eigenvalue weighted by molar-refractivity contribution is -0.140. The van der Waals surface area contributed by atoms with Crippen molar-refractivity contribution in [1.82, 2.24) is 9.88 Å². The number of halogens is 2. The smallest absolute Gasteiger partial charge is 0.238 e. The van der Waals surface area contributed by atoms with Gasteiger partial charge in [0.15, 0.2) is 5.96 Å². The van der Waals surface area contributed by atoms with E-state index in [4.69, 9.17) is 26.8 Å². The standard InChI is InChI=1S/C19H18ClFN4O3/c1-25-17(26)12-6-8-27-10-19(12,24-18(25)22)13-9-11(4-5-15(13)21)28-16-14(20)3-2-7-23-16/h2-5,7,9,12H,6,8,10H2,1H3,(H2,22,24). The van der Waals surface area contributed by atoms with Gasteiger partial charge >= 0.3 is 0 Å². The highest BCUT2D eigenvalue weighted by atomic mass is 35.5. The first-order valence-corrected chi connectivity index (χ1v) is 9.09. The highest BCUT2D eigenvalue weighted by molar-refractivity contribution is 6.31. The number of carbonyl (C=O) groups excluding carboxylic acids is 1. The number of ether oxygens (including phenoxy) is 2. The molecule has 1 aromatic heterocycles. The zero-order valence-corrected chi connectivity index (χ0v) is 15.8. The van der Waals surface area contributed by atoms with Crippen molar-refractivity contribution < 1.29 is 18.7 Å². The molecule has 1 aromatic carbocycles. The quantitative estimate of drug-likeness (QED) is 0.849. The van der Waals surface area contributed by atoms with Gasteiger partial charge in [-0.1, -0.05) is 11.6 Å². The molecule has 0 radical (unpaired) electrons. The molecule has 1 saturated heterocycles. The molecule has 2 aromatic rings. The minimum atomic E-state index is -1.25. The Morgan fingerprint density at radius 1 is 1.43 bits per heavy atom. The average molecular weight is 405 g/mol. The second kappa shape index (κ2) is 7.03. The Hall–Kier alpha value is -2.71. The van der Waals surface area contributed by atoms with E-state index in [9.17, 15) is 9.18 Å². The van der Waals surface area contributed by atoms with E-state index in [0.717, 1.165) is 0 Å². The van der Waals surface area contributed by atoms with Gasteiger partial charge in [0, 0.05) is 25.4 Å². The first-order chi connectivity index (χ1) is 13.4. The first kappa shape index (κ1) is 18.6. The Labute approximate surface area is 165 Å². The molecule has 146 valence electrons. The number of aliphatic imine (C=N–C) groups is 1. The summed E-state index contributed by atoms with van der Waals surface area (Å²) in [5, 5.41) is 0.321. The number of amides is 1. The highest BCUT2D eigenvalue weighted by Gasteiger charge is 2.52. The monoisotopic (exact) mass is 404 g/mol. The summed E-state index contributed by atoms with van der Waals surface area (Å²) in [5.74, 6) is -0.792. The van der Waals surface area contributed by atoms with E-state index < -0.39 is 17.3 Å². The molecule has 3 heterocycles. The maximum absolute atomic E-state index is 14.9. The van der Waals surface area contributed by atoms with E-state index in [1.54, 1.807) is 19.2 Å². The number of carbonyl (C=O) groups is 1. The number of pyridine rings is 1. The summed E-state index contributed by atoms with van der Waals surface area (Å²) in [6.07, 6.45) is 1.95. The van der Waals surface area contributed by atoms with Crippen LogP contribution in [0.2, 0.25) is 5.02 Å². The van der Waals surface area contributed by atoms with E-state index in [2.05, 4.69) is 9.98 Å². The molecule has 1 amide bonds. The fourth-order valence-corrected chi connectivity index (χ4v) is 3.78. The molecule has 2 N–H and O–H groups in total. The maximum Gasteiger partial charge on any atom is 0.238 e. The molecular formula is C19H18ClFN4O3. The van der Waals surface area contributed by atoms with Gasteiger partial charge in [0.1, 0.15) is 22.1 Å². The minimum Gasteiger partial charge on any atom is -0.438 e. The van der Waals surface area contributed by atoms with Crippen LogP contribution in [0.3, 0.4) is 0 Å². The molecule has 2 aliphatic heterocycles. The Morgan fingerprint density at radius 2 is 2.25 bits per heavy atom. The van der Waals surface area contributed by atoms with Gasteiger partial charge in [0.25, 0.3) is 0 Å². The Balaban J connectivity index is 1.81. The van der Waals surface area contributed by atoms with E-state index in [1.165, 1.54) is 29.3 Å². The molecule has 0 spiro atoms. The summed E-state index contributed by atoms with van der Waals surface area (Å²) < 4.78 is 26.2. The van der Waals surface area contributed by atoms with Crippen LogP contribution in [0.4, 0.5) is 4.39 Å². The van der Waals surface area contributed by atoms with Crippen LogP contribution in [0.5, 0.6) is 11.6 Å². The molecule has 9 heteroatoms. The van der Waals surface area contributed by atoms with Gasteiger partial charge in [-0.15, -0.1) is 0 Å². The van der Waals surface area contributed by atoms with Gasteiger partial charge in [0.05, 0.1) is 12.5 Å². The second-order valence-electron chi connectivity index (χ2n) is 6.72. The molecule has 28 heavy (non-hydrogen) atoms. The summed E-state index contributed by atoms with van der Waals surface area (Å²) in [6, 6.07) is 7.53. The number of aromatic nitrogens is 1. The predicted molar refractivity (Wildman–Crippen MR) is 101 cm³/mol. The van der Waals surface area contributed by atoms with Crippen LogP contribution in [-0.2, 0) is 15.1 Å². The van der Waals surface area contributed by atoms with Gasteiger partial charge in [-0.2, -0.15) is 0 Å². The number of nitrogens with two attached hydrogens (primary N) is 1. The number of hydrogen-bond donors (Lipinski definition) is 1.